The molecule has 2 aliphatic rings. The molecule has 170 valence electrons. The molecule has 7 heteroatoms. The summed E-state index contributed by atoms with van der Waals surface area (Å²) in [5.41, 5.74) is -0.260. The number of allylic oxidation sites excluding steroid dienone is 3. The minimum Gasteiger partial charge on any atom is -0.480 e. The Bertz CT molecular complexity index is 1200. The van der Waals surface area contributed by atoms with Crippen molar-refractivity contribution in [3.8, 4) is 5.75 Å². The van der Waals surface area contributed by atoms with E-state index in [2.05, 4.69) is 11.4 Å². The van der Waals surface area contributed by atoms with Crippen LogP contribution in [0.5, 0.6) is 5.75 Å². The number of rotatable bonds is 7. The van der Waals surface area contributed by atoms with Gasteiger partial charge in [0.2, 0.25) is 0 Å². The predicted octanol–water partition coefficient (Wildman–Crippen LogP) is 4.82. The van der Waals surface area contributed by atoms with Gasteiger partial charge >= 0.3 is 5.97 Å². The van der Waals surface area contributed by atoms with Crippen LogP contribution in [0.2, 0.25) is 0 Å². The van der Waals surface area contributed by atoms with E-state index in [1.54, 1.807) is 6.07 Å². The lowest BCUT2D eigenvalue weighted by molar-refractivity contribution is -0.143. The first-order chi connectivity index (χ1) is 15.9. The number of amides is 1. The third kappa shape index (κ3) is 4.77. The molecule has 1 atom stereocenters. The highest BCUT2D eigenvalue weighted by molar-refractivity contribution is 6.05. The summed E-state index contributed by atoms with van der Waals surface area (Å²) in [4.78, 5) is 24.8. The van der Waals surface area contributed by atoms with Crippen LogP contribution in [0.15, 0.2) is 84.7 Å². The topological polar surface area (TPSA) is 94.1 Å². The van der Waals surface area contributed by atoms with Crippen molar-refractivity contribution in [2.75, 3.05) is 0 Å². The number of benzene rings is 2. The Morgan fingerprint density at radius 3 is 2.67 bits per heavy atom. The number of nitrogens with one attached hydrogen (secondary N) is 1. The second-order valence-electron chi connectivity index (χ2n) is 8.30. The molecule has 2 aromatic rings. The van der Waals surface area contributed by atoms with Gasteiger partial charge in [-0.2, -0.15) is 0 Å². The van der Waals surface area contributed by atoms with Crippen LogP contribution >= 0.6 is 0 Å². The third-order valence-electron chi connectivity index (χ3n) is 5.48. The van der Waals surface area contributed by atoms with Gasteiger partial charge in [-0.25, -0.2) is 4.79 Å². The molecule has 33 heavy (non-hydrogen) atoms. The first kappa shape index (κ1) is 22.2. The highest BCUT2D eigenvalue weighted by Crippen LogP contribution is 2.35. The van der Waals surface area contributed by atoms with Gasteiger partial charge in [0.05, 0.1) is 5.56 Å². The maximum Gasteiger partial charge on any atom is 0.328 e. The zero-order valence-corrected chi connectivity index (χ0v) is 18.4. The Morgan fingerprint density at radius 1 is 1.15 bits per heavy atom. The summed E-state index contributed by atoms with van der Waals surface area (Å²) in [6.45, 7) is 2.86. The van der Waals surface area contributed by atoms with Gasteiger partial charge in [-0.3, -0.25) is 4.79 Å². The van der Waals surface area contributed by atoms with Gasteiger partial charge in [-0.1, -0.05) is 48.6 Å². The molecule has 2 N–H and O–H groups in total. The number of ether oxygens (including phenoxy) is 3. The van der Waals surface area contributed by atoms with Crippen LogP contribution in [0.4, 0.5) is 0 Å². The zero-order valence-electron chi connectivity index (χ0n) is 18.4. The molecule has 0 aromatic heterocycles. The molecule has 0 bridgehead atoms. The van der Waals surface area contributed by atoms with Crippen molar-refractivity contribution < 1.29 is 28.9 Å². The predicted molar refractivity (Wildman–Crippen MR) is 123 cm³/mol. The van der Waals surface area contributed by atoms with Crippen LogP contribution < -0.4 is 10.1 Å². The van der Waals surface area contributed by atoms with Crippen LogP contribution in [0.1, 0.15) is 37.0 Å². The first-order valence-electron chi connectivity index (χ1n) is 10.6. The summed E-state index contributed by atoms with van der Waals surface area (Å²) >= 11 is 0. The minimum absolute atomic E-state index is 0.229. The van der Waals surface area contributed by atoms with Gasteiger partial charge in [0.1, 0.15) is 30.1 Å². The molecular formula is C26H25NO6. The molecule has 1 amide bonds. The molecule has 1 aliphatic heterocycles. The standard InChI is InChI=1S/C26H25NO6/c1-26(2,25(29)30)27-24(28)20-13-12-17-8-6-7-11-19(17)23(20)33-22(18-9-4-3-5-10-18)21-16-31-14-15-32-21/h3-4,6-9,11-16,22H,5,10H2,1-2H3,(H,27,28)(H,29,30). The van der Waals surface area contributed by atoms with Gasteiger partial charge in [-0.15, -0.1) is 0 Å². The molecule has 1 unspecified atom stereocenters. The molecule has 0 spiro atoms. The summed E-state index contributed by atoms with van der Waals surface area (Å²) in [6.07, 6.45) is 11.3. The normalized spacial score (nSPS) is 16.2. The summed E-state index contributed by atoms with van der Waals surface area (Å²) < 4.78 is 17.5. The van der Waals surface area contributed by atoms with Gasteiger partial charge in [0.25, 0.3) is 5.91 Å². The van der Waals surface area contributed by atoms with E-state index in [-0.39, 0.29) is 5.56 Å². The molecule has 0 saturated carbocycles. The molecule has 0 saturated heterocycles. The van der Waals surface area contributed by atoms with Crippen molar-refractivity contribution in [2.45, 2.75) is 38.3 Å². The van der Waals surface area contributed by atoms with E-state index in [1.165, 1.54) is 32.6 Å². The number of carbonyl (C=O) groups is 2. The monoisotopic (exact) mass is 447 g/mol. The van der Waals surface area contributed by atoms with E-state index >= 15 is 0 Å². The fourth-order valence-electron chi connectivity index (χ4n) is 3.62. The largest absolute Gasteiger partial charge is 0.480 e. The molecule has 4 rings (SSSR count). The van der Waals surface area contributed by atoms with Crippen molar-refractivity contribution in [3.05, 3.63) is 90.3 Å². The summed E-state index contributed by atoms with van der Waals surface area (Å²) in [6, 6.07) is 11.0. The maximum absolute atomic E-state index is 13.2. The molecule has 7 nitrogen and oxygen atoms in total. The SMILES string of the molecule is CC(C)(NC(=O)c1ccc2ccccc2c1OC(C1=CC=CCC1)C1=COC=CO1)C(=O)O. The van der Waals surface area contributed by atoms with Gasteiger partial charge in [0.15, 0.2) is 11.9 Å². The molecular weight excluding hydrogens is 422 g/mol. The second-order valence-corrected chi connectivity index (χ2v) is 8.30. The maximum atomic E-state index is 13.2. The molecule has 0 fully saturated rings. The van der Waals surface area contributed by atoms with Crippen LogP contribution in [-0.2, 0) is 14.3 Å². The average Bonchev–Trinajstić information content (AvgIpc) is 2.83. The minimum atomic E-state index is -1.45. The Balaban J connectivity index is 1.80. The van der Waals surface area contributed by atoms with Crippen molar-refractivity contribution in [2.24, 2.45) is 0 Å². The average molecular weight is 447 g/mol. The third-order valence-corrected chi connectivity index (χ3v) is 5.48. The smallest absolute Gasteiger partial charge is 0.328 e. The van der Waals surface area contributed by atoms with Crippen LogP contribution in [-0.4, -0.2) is 28.6 Å². The Labute approximate surface area is 191 Å². The zero-order chi connectivity index (χ0) is 23.4. The van der Waals surface area contributed by atoms with E-state index in [0.717, 1.165) is 29.2 Å². The molecule has 1 heterocycles. The number of carboxylic acid groups (broad SMARTS) is 1. The number of fused-ring (bicyclic) bond motifs is 1. The fraction of sp³-hybridized carbons (Fsp3) is 0.231. The fourth-order valence-corrected chi connectivity index (χ4v) is 3.62. The van der Waals surface area contributed by atoms with Crippen molar-refractivity contribution in [1.29, 1.82) is 0 Å². The molecule has 2 aromatic carbocycles. The van der Waals surface area contributed by atoms with Crippen LogP contribution in [0.3, 0.4) is 0 Å². The van der Waals surface area contributed by atoms with E-state index < -0.39 is 23.5 Å². The first-order valence-corrected chi connectivity index (χ1v) is 10.6. The summed E-state index contributed by atoms with van der Waals surface area (Å²) in [7, 11) is 0. The molecule has 1 aliphatic carbocycles. The van der Waals surface area contributed by atoms with E-state index in [1.807, 2.05) is 42.5 Å². The lowest BCUT2D eigenvalue weighted by atomic mass is 9.97. The number of hydrogen-bond donors (Lipinski definition) is 2. The summed E-state index contributed by atoms with van der Waals surface area (Å²) in [5.74, 6) is -0.898. The Kier molecular flexibility index (Phi) is 6.22. The number of carboxylic acids is 1. The van der Waals surface area contributed by atoms with Crippen molar-refractivity contribution >= 4 is 22.6 Å². The van der Waals surface area contributed by atoms with Gasteiger partial charge in [-0.05, 0) is 43.7 Å². The highest BCUT2D eigenvalue weighted by Gasteiger charge is 2.32. The van der Waals surface area contributed by atoms with Gasteiger partial charge in [0, 0.05) is 5.39 Å². The quantitative estimate of drug-likeness (QED) is 0.632. The van der Waals surface area contributed by atoms with E-state index in [4.69, 9.17) is 14.2 Å². The van der Waals surface area contributed by atoms with Crippen LogP contribution in [0, 0.1) is 0 Å². The van der Waals surface area contributed by atoms with Crippen molar-refractivity contribution in [3.63, 3.8) is 0 Å². The van der Waals surface area contributed by atoms with Gasteiger partial charge < -0.3 is 24.6 Å². The van der Waals surface area contributed by atoms with Crippen LogP contribution in [0.25, 0.3) is 10.8 Å². The Hall–Kier alpha value is -4.00. The number of carbonyl (C=O) groups excluding carboxylic acids is 1. The lowest BCUT2D eigenvalue weighted by Gasteiger charge is -2.27. The number of hydrogen-bond acceptors (Lipinski definition) is 5. The number of aliphatic carboxylic acids is 1. The summed E-state index contributed by atoms with van der Waals surface area (Å²) in [5, 5.41) is 13.7. The van der Waals surface area contributed by atoms with E-state index in [0.29, 0.717) is 11.5 Å². The molecule has 0 radical (unpaired) electrons. The van der Waals surface area contributed by atoms with E-state index in [9.17, 15) is 14.7 Å². The van der Waals surface area contributed by atoms with Crippen molar-refractivity contribution in [1.82, 2.24) is 5.32 Å². The lowest BCUT2D eigenvalue weighted by Crippen LogP contribution is -2.49. The second kappa shape index (κ2) is 9.24. The Morgan fingerprint density at radius 2 is 1.97 bits per heavy atom. The highest BCUT2D eigenvalue weighted by atomic mass is 16.6.